The van der Waals surface area contributed by atoms with Gasteiger partial charge < -0.3 is 10.2 Å². The van der Waals surface area contributed by atoms with Gasteiger partial charge >= 0.3 is 0 Å². The number of carbonyl (C=O) groups excluding carboxylic acids is 2. The molecule has 1 atom stereocenters. The molecular weight excluding hydrogens is 617 g/mol. The first-order valence-electron chi connectivity index (χ1n) is 14.2. The van der Waals surface area contributed by atoms with E-state index in [0.717, 1.165) is 21.0 Å². The number of amides is 2. The average Bonchev–Trinajstić information content (AvgIpc) is 2.99. The molecule has 0 saturated carbocycles. The Morgan fingerprint density at radius 3 is 2.07 bits per heavy atom. The van der Waals surface area contributed by atoms with Crippen molar-refractivity contribution >= 4 is 50.7 Å². The highest BCUT2D eigenvalue weighted by molar-refractivity contribution is 7.92. The lowest BCUT2D eigenvalue weighted by atomic mass is 10.0. The van der Waals surface area contributed by atoms with E-state index >= 15 is 0 Å². The molecule has 1 N–H and O–H groups in total. The van der Waals surface area contributed by atoms with Crippen molar-refractivity contribution in [2.45, 2.75) is 50.7 Å². The van der Waals surface area contributed by atoms with Crippen molar-refractivity contribution in [3.63, 3.8) is 0 Å². The Hall–Kier alpha value is -3.85. The number of rotatable bonds is 12. The lowest BCUT2D eigenvalue weighted by molar-refractivity contribution is -0.140. The minimum Gasteiger partial charge on any atom is -0.352 e. The number of carbonyl (C=O) groups is 2. The van der Waals surface area contributed by atoms with Crippen LogP contribution < -0.4 is 9.62 Å². The number of hydrogen-bond donors (Lipinski definition) is 1. The fourth-order valence-electron chi connectivity index (χ4n) is 4.82. The first-order valence-corrected chi connectivity index (χ1v) is 16.4. The molecule has 0 unspecified atom stereocenters. The van der Waals surface area contributed by atoms with Gasteiger partial charge in [-0.3, -0.25) is 13.9 Å². The Labute approximate surface area is 269 Å². The van der Waals surface area contributed by atoms with Crippen LogP contribution in [0.4, 0.5) is 5.69 Å². The third-order valence-corrected chi connectivity index (χ3v) is 9.40. The fourth-order valence-corrected chi connectivity index (χ4v) is 6.84. The molecule has 230 valence electrons. The summed E-state index contributed by atoms with van der Waals surface area (Å²) in [6.45, 7) is 5.11. The largest absolute Gasteiger partial charge is 0.352 e. The summed E-state index contributed by atoms with van der Waals surface area (Å²) in [6, 6.07) is 28.1. The van der Waals surface area contributed by atoms with Gasteiger partial charge in [-0.25, -0.2) is 8.42 Å². The Morgan fingerprint density at radius 1 is 0.841 bits per heavy atom. The minimum absolute atomic E-state index is 0.0114. The third-order valence-electron chi connectivity index (χ3n) is 7.09. The normalized spacial score (nSPS) is 12.0. The van der Waals surface area contributed by atoms with E-state index in [2.05, 4.69) is 5.32 Å². The van der Waals surface area contributed by atoms with E-state index in [-0.39, 0.29) is 40.5 Å². The lowest BCUT2D eigenvalue weighted by Gasteiger charge is -2.34. The van der Waals surface area contributed by atoms with Gasteiger partial charge in [0.1, 0.15) is 12.6 Å². The number of sulfonamides is 1. The molecule has 4 aromatic carbocycles. The molecule has 0 spiro atoms. The molecule has 0 bridgehead atoms. The second-order valence-electron chi connectivity index (χ2n) is 10.7. The van der Waals surface area contributed by atoms with E-state index in [1.54, 1.807) is 18.2 Å². The zero-order chi connectivity index (χ0) is 31.9. The van der Waals surface area contributed by atoms with Gasteiger partial charge in [-0.1, -0.05) is 96.0 Å². The zero-order valence-corrected chi connectivity index (χ0v) is 27.1. The first kappa shape index (κ1) is 33.1. The summed E-state index contributed by atoms with van der Waals surface area (Å²) < 4.78 is 29.1. The molecule has 0 fully saturated rings. The van der Waals surface area contributed by atoms with Crippen LogP contribution in [0.3, 0.4) is 0 Å². The molecule has 0 aliphatic carbocycles. The van der Waals surface area contributed by atoms with Crippen LogP contribution in [0, 0.1) is 6.92 Å². The average molecular weight is 653 g/mol. The van der Waals surface area contributed by atoms with Gasteiger partial charge in [-0.05, 0) is 67.8 Å². The molecule has 44 heavy (non-hydrogen) atoms. The van der Waals surface area contributed by atoms with Crippen LogP contribution in [0.5, 0.6) is 0 Å². The second-order valence-corrected chi connectivity index (χ2v) is 13.4. The number of halogens is 2. The molecule has 10 heteroatoms. The Morgan fingerprint density at radius 2 is 1.45 bits per heavy atom. The number of aryl methyl sites for hydroxylation is 1. The summed E-state index contributed by atoms with van der Waals surface area (Å²) in [5.41, 5.74) is 2.71. The highest BCUT2D eigenvalue weighted by Gasteiger charge is 2.35. The predicted octanol–water partition coefficient (Wildman–Crippen LogP) is 6.66. The fraction of sp³-hybridized carbons (Fsp3) is 0.235. The maximum atomic E-state index is 14.5. The predicted molar refractivity (Wildman–Crippen MR) is 176 cm³/mol. The summed E-state index contributed by atoms with van der Waals surface area (Å²) >= 11 is 12.7. The van der Waals surface area contributed by atoms with Gasteiger partial charge in [0.25, 0.3) is 10.0 Å². The minimum atomic E-state index is -4.27. The van der Waals surface area contributed by atoms with Crippen molar-refractivity contribution < 1.29 is 18.0 Å². The highest BCUT2D eigenvalue weighted by atomic mass is 35.5. The van der Waals surface area contributed by atoms with Crippen LogP contribution in [0.15, 0.2) is 108 Å². The summed E-state index contributed by atoms with van der Waals surface area (Å²) in [6.07, 6.45) is 0.226. The summed E-state index contributed by atoms with van der Waals surface area (Å²) in [7, 11) is -4.27. The highest BCUT2D eigenvalue weighted by Crippen LogP contribution is 2.33. The topological polar surface area (TPSA) is 86.8 Å². The second kappa shape index (κ2) is 14.8. The number of hydrogen-bond acceptors (Lipinski definition) is 4. The van der Waals surface area contributed by atoms with Gasteiger partial charge in [-0.15, -0.1) is 0 Å². The van der Waals surface area contributed by atoms with Crippen molar-refractivity contribution in [2.75, 3.05) is 10.8 Å². The smallest absolute Gasteiger partial charge is 0.264 e. The Balaban J connectivity index is 1.83. The monoisotopic (exact) mass is 651 g/mol. The van der Waals surface area contributed by atoms with Gasteiger partial charge in [0.05, 0.1) is 15.6 Å². The summed E-state index contributed by atoms with van der Waals surface area (Å²) in [5.74, 6) is -0.911. The third kappa shape index (κ3) is 8.20. The molecule has 0 aromatic heterocycles. The SMILES string of the molecule is Cc1ccccc1CN(C(=O)CN(c1ccc(Cl)cc1Cl)S(=O)(=O)c1ccccc1)[C@@H](Cc1ccccc1)C(=O)NC(C)C. The molecule has 0 radical (unpaired) electrons. The van der Waals surface area contributed by atoms with E-state index in [4.69, 9.17) is 23.2 Å². The van der Waals surface area contributed by atoms with Crippen molar-refractivity contribution in [3.05, 3.63) is 130 Å². The number of nitrogens with one attached hydrogen (secondary N) is 1. The van der Waals surface area contributed by atoms with E-state index in [1.165, 1.54) is 35.2 Å². The van der Waals surface area contributed by atoms with Crippen LogP contribution in [0.2, 0.25) is 10.0 Å². The summed E-state index contributed by atoms with van der Waals surface area (Å²) in [5, 5.41) is 3.33. The first-order chi connectivity index (χ1) is 21.0. The Kier molecular flexibility index (Phi) is 11.1. The number of benzene rings is 4. The maximum Gasteiger partial charge on any atom is 0.264 e. The zero-order valence-electron chi connectivity index (χ0n) is 24.8. The van der Waals surface area contributed by atoms with Crippen LogP contribution in [-0.4, -0.2) is 43.8 Å². The van der Waals surface area contributed by atoms with Gasteiger partial charge in [0.15, 0.2) is 0 Å². The van der Waals surface area contributed by atoms with Gasteiger partial charge in [0, 0.05) is 24.0 Å². The van der Waals surface area contributed by atoms with E-state index in [9.17, 15) is 18.0 Å². The van der Waals surface area contributed by atoms with E-state index in [0.29, 0.717) is 5.02 Å². The molecular formula is C34H35Cl2N3O4S. The van der Waals surface area contributed by atoms with Crippen LogP contribution in [-0.2, 0) is 32.6 Å². The Bertz CT molecular complexity index is 1700. The number of nitrogens with zero attached hydrogens (tertiary/aromatic N) is 2. The van der Waals surface area contributed by atoms with E-state index in [1.807, 2.05) is 75.4 Å². The number of anilines is 1. The van der Waals surface area contributed by atoms with Gasteiger partial charge in [0.2, 0.25) is 11.8 Å². The van der Waals surface area contributed by atoms with E-state index < -0.39 is 28.5 Å². The standard InChI is InChI=1S/C34H35Cl2N3O4S/c1-24(2)37-34(41)32(20-26-13-6-4-7-14-26)38(22-27-15-11-10-12-25(27)3)33(40)23-39(31-19-18-28(35)21-30(31)36)44(42,43)29-16-8-5-9-17-29/h4-19,21,24,32H,20,22-23H2,1-3H3,(H,37,41)/t32-/m0/s1. The van der Waals surface area contributed by atoms with Crippen molar-refractivity contribution in [2.24, 2.45) is 0 Å². The van der Waals surface area contributed by atoms with Crippen molar-refractivity contribution in [1.29, 1.82) is 0 Å². The maximum absolute atomic E-state index is 14.5. The van der Waals surface area contributed by atoms with Gasteiger partial charge in [-0.2, -0.15) is 0 Å². The molecule has 0 heterocycles. The quantitative estimate of drug-likeness (QED) is 0.186. The van der Waals surface area contributed by atoms with Crippen LogP contribution in [0.1, 0.15) is 30.5 Å². The molecule has 4 aromatic rings. The summed E-state index contributed by atoms with van der Waals surface area (Å²) in [4.78, 5) is 29.7. The van der Waals surface area contributed by atoms with Crippen molar-refractivity contribution in [3.8, 4) is 0 Å². The molecule has 7 nitrogen and oxygen atoms in total. The molecule has 4 rings (SSSR count). The van der Waals surface area contributed by atoms with Crippen LogP contribution in [0.25, 0.3) is 0 Å². The van der Waals surface area contributed by atoms with Crippen molar-refractivity contribution in [1.82, 2.24) is 10.2 Å². The molecule has 2 amide bonds. The molecule has 0 saturated heterocycles. The molecule has 0 aliphatic rings. The molecule has 0 aliphatic heterocycles. The lowest BCUT2D eigenvalue weighted by Crippen LogP contribution is -2.54. The van der Waals surface area contributed by atoms with Crippen LogP contribution >= 0.6 is 23.2 Å².